The van der Waals surface area contributed by atoms with E-state index in [0.29, 0.717) is 0 Å². The van der Waals surface area contributed by atoms with Gasteiger partial charge in [-0.25, -0.2) is 4.79 Å². The zero-order chi connectivity index (χ0) is 12.3. The van der Waals surface area contributed by atoms with Gasteiger partial charge in [0.25, 0.3) is 0 Å². The molecule has 0 rings (SSSR count). The van der Waals surface area contributed by atoms with Crippen molar-refractivity contribution in [3.63, 3.8) is 0 Å². The van der Waals surface area contributed by atoms with E-state index in [1.165, 1.54) is 6.92 Å². The topological polar surface area (TPSA) is 127 Å². The van der Waals surface area contributed by atoms with Gasteiger partial charge < -0.3 is 29.5 Å². The minimum Gasteiger partial charge on any atom is -0.630 e. The molecule has 0 amide bonds. The third-order valence-corrected chi connectivity index (χ3v) is 2.68. The van der Waals surface area contributed by atoms with E-state index >= 15 is 0 Å². The third-order valence-electron chi connectivity index (χ3n) is 1.83. The Hall–Kier alpha value is -0.500. The van der Waals surface area contributed by atoms with Gasteiger partial charge in [-0.05, 0) is 0 Å². The van der Waals surface area contributed by atoms with Crippen molar-refractivity contribution < 1.29 is 33.6 Å². The van der Waals surface area contributed by atoms with Gasteiger partial charge in [0, 0.05) is 14.0 Å². The van der Waals surface area contributed by atoms with Crippen molar-refractivity contribution in [2.75, 3.05) is 19.9 Å². The van der Waals surface area contributed by atoms with Crippen LogP contribution in [0.15, 0.2) is 0 Å². The summed E-state index contributed by atoms with van der Waals surface area (Å²) in [6, 6.07) is 0. The summed E-state index contributed by atoms with van der Waals surface area (Å²) < 4.78 is 13.7. The minimum atomic E-state index is -4.59. The van der Waals surface area contributed by atoms with E-state index in [0.717, 1.165) is 7.11 Å². The summed E-state index contributed by atoms with van der Waals surface area (Å²) in [5.74, 6) is -1.44. The molecule has 3 N–H and O–H groups in total. The molecule has 0 aliphatic rings. The van der Waals surface area contributed by atoms with Crippen LogP contribution in [-0.4, -0.2) is 51.7 Å². The van der Waals surface area contributed by atoms with Gasteiger partial charge in [0.2, 0.25) is 0 Å². The summed E-state index contributed by atoms with van der Waals surface area (Å²) in [5, 5.41) is 20.3. The lowest BCUT2D eigenvalue weighted by Crippen LogP contribution is -2.53. The number of rotatable bonds is 6. The van der Waals surface area contributed by atoms with E-state index in [1.807, 2.05) is 0 Å². The average Bonchev–Trinajstić information content (AvgIpc) is 1.97. The number of carboxylic acids is 1. The lowest BCUT2D eigenvalue weighted by atomic mass is 10.5. The lowest BCUT2D eigenvalue weighted by Gasteiger charge is -2.44. The molecule has 9 heteroatoms. The number of nitrogens with zero attached hydrogens (tertiary/aromatic N) is 1. The predicted molar refractivity (Wildman–Crippen MR) is 49.5 cm³/mol. The molecule has 8 nitrogen and oxygen atoms in total. The molecular formula is C6H14NO7P. The molecular weight excluding hydrogens is 229 g/mol. The fourth-order valence-electron chi connectivity index (χ4n) is 1.03. The Kier molecular flexibility index (Phi) is 4.85. The molecule has 0 aromatic heterocycles. The summed E-state index contributed by atoms with van der Waals surface area (Å²) >= 11 is 0. The number of ether oxygens (including phenoxy) is 1. The summed E-state index contributed by atoms with van der Waals surface area (Å²) in [7, 11) is -3.43. The Morgan fingerprint density at radius 1 is 1.60 bits per heavy atom. The largest absolute Gasteiger partial charge is 0.630 e. The Morgan fingerprint density at radius 3 is 2.33 bits per heavy atom. The van der Waals surface area contributed by atoms with Crippen molar-refractivity contribution in [1.29, 1.82) is 0 Å². The highest BCUT2D eigenvalue weighted by molar-refractivity contribution is 7.51. The maximum atomic E-state index is 11.8. The third kappa shape index (κ3) is 5.22. The number of carbonyl (C=O) groups is 1. The SMILES string of the molecule is COC(C)[N+]([O-])(CC(=O)O)CP(=O)(O)O. The number of hydrogen-bond donors (Lipinski definition) is 3. The number of hydrogen-bond acceptors (Lipinski definition) is 4. The smallest absolute Gasteiger partial charge is 0.379 e. The number of carboxylic acid groups (broad SMARTS) is 1. The number of quaternary nitrogens is 1. The quantitative estimate of drug-likeness (QED) is 0.248. The molecule has 0 saturated carbocycles. The highest BCUT2D eigenvalue weighted by Crippen LogP contribution is 2.38. The van der Waals surface area contributed by atoms with Crippen molar-refractivity contribution in [1.82, 2.24) is 0 Å². The zero-order valence-corrected chi connectivity index (χ0v) is 9.26. The Labute approximate surface area is 86.4 Å². The first kappa shape index (κ1) is 14.5. The molecule has 0 aromatic rings. The first-order chi connectivity index (χ1) is 6.60. The van der Waals surface area contributed by atoms with Gasteiger partial charge in [-0.3, -0.25) is 4.57 Å². The number of hydroxylamine groups is 3. The van der Waals surface area contributed by atoms with Crippen LogP contribution >= 0.6 is 7.60 Å². The molecule has 0 aliphatic carbocycles. The van der Waals surface area contributed by atoms with Crippen LogP contribution in [-0.2, 0) is 14.1 Å². The van der Waals surface area contributed by atoms with Gasteiger partial charge >= 0.3 is 13.6 Å². The summed E-state index contributed by atoms with van der Waals surface area (Å²) in [4.78, 5) is 27.7. The van der Waals surface area contributed by atoms with Crippen LogP contribution in [0.25, 0.3) is 0 Å². The molecule has 0 bridgehead atoms. The van der Waals surface area contributed by atoms with Crippen LogP contribution in [0.5, 0.6) is 0 Å². The van der Waals surface area contributed by atoms with Crippen LogP contribution in [0.1, 0.15) is 6.92 Å². The van der Waals surface area contributed by atoms with Crippen molar-refractivity contribution in [2.24, 2.45) is 0 Å². The second-order valence-corrected chi connectivity index (χ2v) is 4.76. The van der Waals surface area contributed by atoms with Crippen molar-refractivity contribution in [3.05, 3.63) is 5.21 Å². The second kappa shape index (κ2) is 5.02. The van der Waals surface area contributed by atoms with Gasteiger partial charge in [-0.1, -0.05) is 0 Å². The van der Waals surface area contributed by atoms with E-state index in [-0.39, 0.29) is 0 Å². The number of aliphatic carboxylic acids is 1. The zero-order valence-electron chi connectivity index (χ0n) is 8.36. The summed E-state index contributed by atoms with van der Waals surface area (Å²) in [5.41, 5.74) is 0. The fourth-order valence-corrected chi connectivity index (χ4v) is 1.98. The van der Waals surface area contributed by atoms with E-state index in [4.69, 9.17) is 14.9 Å². The maximum absolute atomic E-state index is 11.8. The van der Waals surface area contributed by atoms with E-state index in [9.17, 15) is 14.6 Å². The fraction of sp³-hybridized carbons (Fsp3) is 0.833. The molecule has 2 atom stereocenters. The number of methoxy groups -OCH3 is 1. The van der Waals surface area contributed by atoms with Gasteiger partial charge in [-0.2, -0.15) is 0 Å². The molecule has 0 saturated heterocycles. The van der Waals surface area contributed by atoms with E-state index in [1.54, 1.807) is 0 Å². The van der Waals surface area contributed by atoms with Crippen LogP contribution in [0, 0.1) is 5.21 Å². The molecule has 0 heterocycles. The van der Waals surface area contributed by atoms with E-state index in [2.05, 4.69) is 4.74 Å². The molecule has 0 aromatic carbocycles. The Bertz CT molecular complexity index is 277. The molecule has 0 fully saturated rings. The first-order valence-corrected chi connectivity index (χ1v) is 5.77. The van der Waals surface area contributed by atoms with Crippen molar-refractivity contribution in [2.45, 2.75) is 13.2 Å². The maximum Gasteiger partial charge on any atom is 0.379 e. The highest BCUT2D eigenvalue weighted by atomic mass is 31.2. The van der Waals surface area contributed by atoms with Gasteiger partial charge in [-0.15, -0.1) is 0 Å². The molecule has 2 unspecified atom stereocenters. The Morgan fingerprint density at radius 2 is 2.07 bits per heavy atom. The lowest BCUT2D eigenvalue weighted by molar-refractivity contribution is -0.909. The molecule has 15 heavy (non-hydrogen) atoms. The van der Waals surface area contributed by atoms with Crippen molar-refractivity contribution in [3.8, 4) is 0 Å². The molecule has 0 radical (unpaired) electrons. The standard InChI is InChI=1S/C6H14NO7P/c1-5(14-2)7(10,3-6(8)9)4-15(11,12)13/h5H,3-4H2,1-2H3,(H,8,9)(H2,11,12,13). The van der Waals surface area contributed by atoms with E-state index < -0.39 is 37.3 Å². The molecule has 0 spiro atoms. The molecule has 90 valence electrons. The average molecular weight is 243 g/mol. The van der Waals surface area contributed by atoms with Crippen LogP contribution in [0.3, 0.4) is 0 Å². The highest BCUT2D eigenvalue weighted by Gasteiger charge is 2.35. The molecule has 0 aliphatic heterocycles. The normalized spacial score (nSPS) is 18.2. The van der Waals surface area contributed by atoms with Crippen LogP contribution in [0.4, 0.5) is 0 Å². The van der Waals surface area contributed by atoms with Crippen molar-refractivity contribution >= 4 is 13.6 Å². The van der Waals surface area contributed by atoms with Gasteiger partial charge in [0.05, 0.1) is 0 Å². The van der Waals surface area contributed by atoms with Crippen LogP contribution in [0.2, 0.25) is 0 Å². The summed E-state index contributed by atoms with van der Waals surface area (Å²) in [6.07, 6.45) is -2.28. The monoisotopic (exact) mass is 243 g/mol. The Balaban J connectivity index is 4.85. The van der Waals surface area contributed by atoms with Crippen LogP contribution < -0.4 is 0 Å². The van der Waals surface area contributed by atoms with Gasteiger partial charge in [0.15, 0.2) is 19.1 Å². The second-order valence-electron chi connectivity index (χ2n) is 3.15. The first-order valence-electron chi connectivity index (χ1n) is 3.97. The van der Waals surface area contributed by atoms with Gasteiger partial charge in [0.1, 0.15) is 0 Å². The minimum absolute atomic E-state index is 0.958. The summed E-state index contributed by atoms with van der Waals surface area (Å²) in [6.45, 7) is 0.297. The predicted octanol–water partition coefficient (Wildman–Crippen LogP) is -0.487.